The van der Waals surface area contributed by atoms with E-state index in [1.54, 1.807) is 7.11 Å². The molecule has 0 amide bonds. The predicted molar refractivity (Wildman–Crippen MR) is 78.7 cm³/mol. The fraction of sp³-hybridized carbons (Fsp3) is 0.231. The Kier molecular flexibility index (Phi) is 4.67. The topological polar surface area (TPSA) is 29.5 Å². The first kappa shape index (κ1) is 13.9. The van der Waals surface area contributed by atoms with Gasteiger partial charge in [0.05, 0.1) is 13.2 Å². The van der Waals surface area contributed by atoms with E-state index in [1.165, 1.54) is 11.3 Å². The minimum atomic E-state index is -0.574. The van der Waals surface area contributed by atoms with Crippen molar-refractivity contribution >= 4 is 38.9 Å². The van der Waals surface area contributed by atoms with Crippen LogP contribution in [0, 0.1) is 0 Å². The number of para-hydroxylation sites is 1. The molecule has 0 radical (unpaired) electrons. The fourth-order valence-corrected chi connectivity index (χ4v) is 3.43. The molecule has 0 fully saturated rings. The highest BCUT2D eigenvalue weighted by Gasteiger charge is 2.15. The maximum absolute atomic E-state index is 10.2. The third-order valence-corrected chi connectivity index (χ3v) is 5.17. The number of rotatable bonds is 4. The quantitative estimate of drug-likeness (QED) is 0.885. The second-order valence-corrected chi connectivity index (χ2v) is 6.34. The zero-order valence-electron chi connectivity index (χ0n) is 9.69. The van der Waals surface area contributed by atoms with Crippen LogP contribution in [0.4, 0.5) is 0 Å². The summed E-state index contributed by atoms with van der Waals surface area (Å²) in [4.78, 5) is 0.845. The van der Waals surface area contributed by atoms with Gasteiger partial charge in [-0.15, -0.1) is 11.3 Å². The minimum Gasteiger partial charge on any atom is -0.496 e. The lowest BCUT2D eigenvalue weighted by molar-refractivity contribution is 0.181. The van der Waals surface area contributed by atoms with Crippen molar-refractivity contribution in [1.82, 2.24) is 0 Å². The number of ether oxygens (including phenoxy) is 1. The molecule has 1 aromatic carbocycles. The highest BCUT2D eigenvalue weighted by atomic mass is 79.9. The van der Waals surface area contributed by atoms with Crippen molar-refractivity contribution in [2.45, 2.75) is 12.5 Å². The van der Waals surface area contributed by atoms with Crippen LogP contribution in [-0.4, -0.2) is 12.2 Å². The van der Waals surface area contributed by atoms with Gasteiger partial charge in [0.2, 0.25) is 0 Å². The number of thiophene rings is 1. The van der Waals surface area contributed by atoms with E-state index in [4.69, 9.17) is 16.3 Å². The molecule has 1 heterocycles. The summed E-state index contributed by atoms with van der Waals surface area (Å²) in [6, 6.07) is 9.54. The minimum absolute atomic E-state index is 0.507. The highest BCUT2D eigenvalue weighted by molar-refractivity contribution is 9.10. The number of halogens is 2. The number of aliphatic hydroxyl groups excluding tert-OH is 1. The molecule has 1 N–H and O–H groups in total. The van der Waals surface area contributed by atoms with E-state index in [0.29, 0.717) is 10.8 Å². The Morgan fingerprint density at radius 3 is 2.78 bits per heavy atom. The maximum atomic E-state index is 10.2. The first-order valence-corrected chi connectivity index (χ1v) is 7.35. The molecule has 0 aliphatic heterocycles. The van der Waals surface area contributed by atoms with Gasteiger partial charge < -0.3 is 9.84 Å². The molecule has 0 aliphatic rings. The Hall–Kier alpha value is -0.550. The number of hydrogen-bond acceptors (Lipinski definition) is 3. The van der Waals surface area contributed by atoms with Crippen molar-refractivity contribution in [1.29, 1.82) is 0 Å². The molecule has 2 aromatic rings. The Labute approximate surface area is 123 Å². The molecular formula is C13H12BrClO2S. The number of methoxy groups -OCH3 is 1. The second-order valence-electron chi connectivity index (χ2n) is 3.80. The van der Waals surface area contributed by atoms with Gasteiger partial charge in [-0.3, -0.25) is 0 Å². The Bertz CT molecular complexity index is 522. The molecule has 0 bridgehead atoms. The van der Waals surface area contributed by atoms with Crippen LogP contribution in [0.1, 0.15) is 16.5 Å². The largest absolute Gasteiger partial charge is 0.496 e. The molecule has 18 heavy (non-hydrogen) atoms. The van der Waals surface area contributed by atoms with Gasteiger partial charge >= 0.3 is 0 Å². The first-order chi connectivity index (χ1) is 8.61. The van der Waals surface area contributed by atoms with E-state index < -0.39 is 6.10 Å². The summed E-state index contributed by atoms with van der Waals surface area (Å²) in [5, 5.41) is 10.2. The summed E-state index contributed by atoms with van der Waals surface area (Å²) >= 11 is 10.7. The number of hydrogen-bond donors (Lipinski definition) is 1. The molecule has 1 unspecified atom stereocenters. The lowest BCUT2D eigenvalue weighted by Crippen LogP contribution is -2.01. The van der Waals surface area contributed by atoms with Gasteiger partial charge in [0.15, 0.2) is 0 Å². The van der Waals surface area contributed by atoms with Crippen molar-refractivity contribution in [3.63, 3.8) is 0 Å². The molecule has 2 nitrogen and oxygen atoms in total. The predicted octanol–water partition coefficient (Wildman–Crippen LogP) is 4.45. The van der Waals surface area contributed by atoms with Gasteiger partial charge in [-0.1, -0.05) is 29.8 Å². The van der Waals surface area contributed by atoms with E-state index in [-0.39, 0.29) is 0 Å². The average Bonchev–Trinajstić information content (AvgIpc) is 2.70. The SMILES string of the molecule is COc1ccccc1CC(O)c1cc(Br)c(Cl)s1. The number of aliphatic hydroxyl groups is 1. The highest BCUT2D eigenvalue weighted by Crippen LogP contribution is 2.36. The van der Waals surface area contributed by atoms with Crippen LogP contribution < -0.4 is 4.74 Å². The van der Waals surface area contributed by atoms with Crippen molar-refractivity contribution in [3.8, 4) is 5.75 Å². The second kappa shape index (κ2) is 6.06. The molecule has 0 aliphatic carbocycles. The number of benzene rings is 1. The smallest absolute Gasteiger partial charge is 0.122 e. The monoisotopic (exact) mass is 346 g/mol. The standard InChI is InChI=1S/C13H12BrClO2S/c1-17-11-5-3-2-4-8(11)6-10(16)12-7-9(14)13(15)18-12/h2-5,7,10,16H,6H2,1H3. The summed E-state index contributed by atoms with van der Waals surface area (Å²) in [5.74, 6) is 0.790. The van der Waals surface area contributed by atoms with E-state index in [9.17, 15) is 5.11 Å². The van der Waals surface area contributed by atoms with Crippen LogP contribution in [0.2, 0.25) is 4.34 Å². The van der Waals surface area contributed by atoms with Gasteiger partial charge in [-0.2, -0.15) is 0 Å². The zero-order chi connectivity index (χ0) is 13.1. The molecule has 1 atom stereocenters. The van der Waals surface area contributed by atoms with Crippen molar-refractivity contribution < 1.29 is 9.84 Å². The first-order valence-electron chi connectivity index (χ1n) is 5.36. The third kappa shape index (κ3) is 3.06. The van der Waals surface area contributed by atoms with Gasteiger partial charge in [0.1, 0.15) is 10.1 Å². The Morgan fingerprint density at radius 1 is 1.44 bits per heavy atom. The van der Waals surface area contributed by atoms with Gasteiger partial charge in [0.25, 0.3) is 0 Å². The molecule has 96 valence electrons. The van der Waals surface area contributed by atoms with Crippen LogP contribution in [-0.2, 0) is 6.42 Å². The van der Waals surface area contributed by atoms with Crippen LogP contribution in [0.25, 0.3) is 0 Å². The van der Waals surface area contributed by atoms with Gasteiger partial charge in [-0.05, 0) is 33.6 Å². The Balaban J connectivity index is 2.18. The average molecular weight is 348 g/mol. The van der Waals surface area contributed by atoms with Crippen LogP contribution in [0.15, 0.2) is 34.8 Å². The molecule has 5 heteroatoms. The van der Waals surface area contributed by atoms with E-state index in [2.05, 4.69) is 15.9 Å². The molecule has 0 saturated heterocycles. The Morgan fingerprint density at radius 2 is 2.17 bits per heavy atom. The lowest BCUT2D eigenvalue weighted by atomic mass is 10.1. The fourth-order valence-electron chi connectivity index (χ4n) is 1.71. The zero-order valence-corrected chi connectivity index (χ0v) is 12.8. The molecular weight excluding hydrogens is 336 g/mol. The van der Waals surface area contributed by atoms with E-state index >= 15 is 0 Å². The van der Waals surface area contributed by atoms with Crippen LogP contribution >= 0.6 is 38.9 Å². The summed E-state index contributed by atoms with van der Waals surface area (Å²) in [5.41, 5.74) is 0.980. The van der Waals surface area contributed by atoms with Crippen molar-refractivity contribution in [2.75, 3.05) is 7.11 Å². The van der Waals surface area contributed by atoms with Crippen LogP contribution in [0.3, 0.4) is 0 Å². The normalized spacial score (nSPS) is 12.4. The molecule has 0 spiro atoms. The maximum Gasteiger partial charge on any atom is 0.122 e. The van der Waals surface area contributed by atoms with Crippen LogP contribution in [0.5, 0.6) is 5.75 Å². The van der Waals surface area contributed by atoms with Gasteiger partial charge in [-0.25, -0.2) is 0 Å². The summed E-state index contributed by atoms with van der Waals surface area (Å²) in [6.07, 6.45) is -0.0667. The summed E-state index contributed by atoms with van der Waals surface area (Å²) in [7, 11) is 1.63. The summed E-state index contributed by atoms with van der Waals surface area (Å²) in [6.45, 7) is 0. The molecule has 0 saturated carbocycles. The van der Waals surface area contributed by atoms with E-state index in [0.717, 1.165) is 20.7 Å². The molecule has 2 rings (SSSR count). The third-order valence-electron chi connectivity index (χ3n) is 2.60. The lowest BCUT2D eigenvalue weighted by Gasteiger charge is -2.11. The van der Waals surface area contributed by atoms with Crippen molar-refractivity contribution in [2.24, 2.45) is 0 Å². The van der Waals surface area contributed by atoms with E-state index in [1.807, 2.05) is 30.3 Å². The van der Waals surface area contributed by atoms with Gasteiger partial charge in [0, 0.05) is 15.8 Å². The molecule has 1 aromatic heterocycles. The van der Waals surface area contributed by atoms with Crippen molar-refractivity contribution in [3.05, 3.63) is 49.6 Å². The summed E-state index contributed by atoms with van der Waals surface area (Å²) < 4.78 is 6.75.